The fraction of sp³-hybridized carbons (Fsp3) is 0.833. The van der Waals surface area contributed by atoms with Crippen molar-refractivity contribution in [2.24, 2.45) is 5.73 Å². The van der Waals surface area contributed by atoms with Crippen LogP contribution >= 0.6 is 0 Å². The van der Waals surface area contributed by atoms with Crippen LogP contribution in [0.3, 0.4) is 0 Å². The van der Waals surface area contributed by atoms with Crippen molar-refractivity contribution in [3.8, 4) is 0 Å². The molecule has 27 heavy (non-hydrogen) atoms. The summed E-state index contributed by atoms with van der Waals surface area (Å²) in [4.78, 5) is 0. The molecule has 1 aromatic heterocycles. The van der Waals surface area contributed by atoms with Crippen LogP contribution in [0.5, 0.6) is 0 Å². The zero-order chi connectivity index (χ0) is 20.0. The predicted molar refractivity (Wildman–Crippen MR) is 124 cm³/mol. The molecule has 1 atom stereocenters. The molecule has 0 radical (unpaired) electrons. The standard InChI is InChI=1S/C24H47NOSi/c1-5-9-10-11-12-13-14-15-16-17-18-22(21-25)23-19-20-24(26-23)27(6-2,7-3)8-4/h19-20,22H,5-18,21,25H2,1-4H3. The van der Waals surface area contributed by atoms with E-state index in [1.165, 1.54) is 94.1 Å². The predicted octanol–water partition coefficient (Wildman–Crippen LogP) is 7.35. The van der Waals surface area contributed by atoms with E-state index in [0.29, 0.717) is 12.5 Å². The maximum Gasteiger partial charge on any atom is 0.131 e. The minimum absolute atomic E-state index is 0.407. The van der Waals surface area contributed by atoms with E-state index >= 15 is 0 Å². The van der Waals surface area contributed by atoms with Gasteiger partial charge in [-0.15, -0.1) is 0 Å². The molecule has 0 spiro atoms. The number of hydrogen-bond donors (Lipinski definition) is 1. The molecular formula is C24H47NOSi. The van der Waals surface area contributed by atoms with E-state index in [-0.39, 0.29) is 0 Å². The average Bonchev–Trinajstić information content (AvgIpc) is 3.18. The van der Waals surface area contributed by atoms with E-state index in [0.717, 1.165) is 5.76 Å². The number of furan rings is 1. The van der Waals surface area contributed by atoms with Gasteiger partial charge in [-0.2, -0.15) is 0 Å². The minimum Gasteiger partial charge on any atom is -0.471 e. The van der Waals surface area contributed by atoms with Crippen molar-refractivity contribution in [2.45, 2.75) is 122 Å². The highest BCUT2D eigenvalue weighted by molar-refractivity contribution is 6.90. The van der Waals surface area contributed by atoms with Gasteiger partial charge in [-0.25, -0.2) is 0 Å². The second kappa shape index (κ2) is 14.5. The number of hydrogen-bond acceptors (Lipinski definition) is 2. The molecule has 1 heterocycles. The summed E-state index contributed by atoms with van der Waals surface area (Å²) in [5.41, 5.74) is 6.09. The van der Waals surface area contributed by atoms with E-state index in [4.69, 9.17) is 10.2 Å². The zero-order valence-electron chi connectivity index (χ0n) is 18.8. The molecule has 0 saturated heterocycles. The Labute approximate surface area is 170 Å². The Balaban J connectivity index is 2.32. The third kappa shape index (κ3) is 8.15. The molecule has 0 fully saturated rings. The summed E-state index contributed by atoms with van der Waals surface area (Å²) in [6, 6.07) is 8.33. The lowest BCUT2D eigenvalue weighted by Crippen LogP contribution is -2.44. The first-order chi connectivity index (χ1) is 13.2. The Kier molecular flexibility index (Phi) is 13.1. The highest BCUT2D eigenvalue weighted by atomic mass is 28.3. The normalized spacial score (nSPS) is 13.2. The van der Waals surface area contributed by atoms with Gasteiger partial charge in [0.15, 0.2) is 0 Å². The first-order valence-electron chi connectivity index (χ1n) is 12.0. The van der Waals surface area contributed by atoms with Gasteiger partial charge in [-0.05, 0) is 18.6 Å². The minimum atomic E-state index is -1.40. The monoisotopic (exact) mass is 393 g/mol. The van der Waals surface area contributed by atoms with Gasteiger partial charge >= 0.3 is 0 Å². The SMILES string of the molecule is CCCCCCCCCCCCC(CN)c1ccc([Si](CC)(CC)CC)o1. The first-order valence-corrected chi connectivity index (χ1v) is 14.6. The van der Waals surface area contributed by atoms with Crippen molar-refractivity contribution in [2.75, 3.05) is 6.54 Å². The van der Waals surface area contributed by atoms with Crippen molar-refractivity contribution in [3.63, 3.8) is 0 Å². The maximum atomic E-state index is 6.40. The van der Waals surface area contributed by atoms with Crippen LogP contribution in [0.4, 0.5) is 0 Å². The Hall–Kier alpha value is -0.543. The Morgan fingerprint density at radius 2 is 1.30 bits per heavy atom. The molecule has 0 saturated carbocycles. The van der Waals surface area contributed by atoms with E-state index in [9.17, 15) is 0 Å². The highest BCUT2D eigenvalue weighted by Crippen LogP contribution is 2.26. The largest absolute Gasteiger partial charge is 0.471 e. The van der Waals surface area contributed by atoms with Gasteiger partial charge < -0.3 is 10.2 Å². The molecule has 0 bridgehead atoms. The second-order valence-corrected chi connectivity index (χ2v) is 13.6. The molecule has 1 rings (SSSR count). The van der Waals surface area contributed by atoms with Crippen LogP contribution in [-0.4, -0.2) is 14.6 Å². The lowest BCUT2D eigenvalue weighted by molar-refractivity contribution is 0.447. The van der Waals surface area contributed by atoms with E-state index in [1.54, 1.807) is 0 Å². The topological polar surface area (TPSA) is 39.2 Å². The van der Waals surface area contributed by atoms with Gasteiger partial charge in [-0.1, -0.05) is 110 Å². The molecule has 0 amide bonds. The van der Waals surface area contributed by atoms with Gasteiger partial charge in [0.2, 0.25) is 0 Å². The van der Waals surface area contributed by atoms with Crippen LogP contribution in [-0.2, 0) is 0 Å². The van der Waals surface area contributed by atoms with Gasteiger partial charge in [0.05, 0.1) is 5.38 Å². The molecule has 2 N–H and O–H groups in total. The molecule has 3 heteroatoms. The van der Waals surface area contributed by atoms with Crippen LogP contribution in [0.15, 0.2) is 16.5 Å². The van der Waals surface area contributed by atoms with Crippen molar-refractivity contribution in [3.05, 3.63) is 17.9 Å². The lowest BCUT2D eigenvalue weighted by atomic mass is 9.98. The summed E-state index contributed by atoms with van der Waals surface area (Å²) in [5.74, 6) is 1.56. The van der Waals surface area contributed by atoms with E-state index in [2.05, 4.69) is 39.8 Å². The molecule has 0 aliphatic rings. The molecule has 0 aliphatic heterocycles. The van der Waals surface area contributed by atoms with Crippen LogP contribution in [0.25, 0.3) is 0 Å². The quantitative estimate of drug-likeness (QED) is 0.222. The summed E-state index contributed by atoms with van der Waals surface area (Å²) < 4.78 is 6.40. The van der Waals surface area contributed by atoms with E-state index < -0.39 is 8.07 Å². The van der Waals surface area contributed by atoms with Gasteiger partial charge in [0, 0.05) is 12.5 Å². The van der Waals surface area contributed by atoms with Gasteiger partial charge in [0.1, 0.15) is 13.8 Å². The fourth-order valence-corrected chi connectivity index (χ4v) is 7.70. The Morgan fingerprint density at radius 3 is 1.78 bits per heavy atom. The van der Waals surface area contributed by atoms with Crippen molar-refractivity contribution >= 4 is 13.5 Å². The first kappa shape index (κ1) is 24.5. The average molecular weight is 394 g/mol. The summed E-state index contributed by atoms with van der Waals surface area (Å²) in [5, 5.41) is 1.31. The lowest BCUT2D eigenvalue weighted by Gasteiger charge is -2.25. The molecular weight excluding hydrogens is 346 g/mol. The molecule has 1 unspecified atom stereocenters. The number of rotatable bonds is 17. The molecule has 0 aromatic carbocycles. The second-order valence-electron chi connectivity index (χ2n) is 8.45. The summed E-state index contributed by atoms with van der Waals surface area (Å²) in [6.45, 7) is 10.0. The molecule has 2 nitrogen and oxygen atoms in total. The summed E-state index contributed by atoms with van der Waals surface area (Å²) in [6.07, 6.45) is 15.1. The van der Waals surface area contributed by atoms with Crippen molar-refractivity contribution < 1.29 is 4.42 Å². The highest BCUT2D eigenvalue weighted by Gasteiger charge is 2.33. The third-order valence-electron chi connectivity index (χ3n) is 6.77. The van der Waals surface area contributed by atoms with Crippen LogP contribution in [0, 0.1) is 0 Å². The van der Waals surface area contributed by atoms with E-state index in [1.807, 2.05) is 0 Å². The zero-order valence-corrected chi connectivity index (χ0v) is 19.8. The number of nitrogens with two attached hydrogens (primary N) is 1. The van der Waals surface area contributed by atoms with Crippen molar-refractivity contribution in [1.29, 1.82) is 0 Å². The smallest absolute Gasteiger partial charge is 0.131 e. The summed E-state index contributed by atoms with van der Waals surface area (Å²) >= 11 is 0. The van der Waals surface area contributed by atoms with Gasteiger partial charge in [0.25, 0.3) is 0 Å². The third-order valence-corrected chi connectivity index (χ3v) is 12.1. The molecule has 0 aliphatic carbocycles. The number of unbranched alkanes of at least 4 members (excludes halogenated alkanes) is 9. The van der Waals surface area contributed by atoms with Crippen molar-refractivity contribution in [1.82, 2.24) is 0 Å². The van der Waals surface area contributed by atoms with Crippen LogP contribution < -0.4 is 11.1 Å². The Morgan fingerprint density at radius 1 is 0.778 bits per heavy atom. The maximum absolute atomic E-state index is 6.40. The Bertz CT molecular complexity index is 458. The molecule has 1 aromatic rings. The van der Waals surface area contributed by atoms with Gasteiger partial charge in [-0.3, -0.25) is 0 Å². The fourth-order valence-electron chi connectivity index (χ4n) is 4.38. The molecule has 158 valence electrons. The van der Waals surface area contributed by atoms with Crippen LogP contribution in [0.2, 0.25) is 18.1 Å². The van der Waals surface area contributed by atoms with Crippen LogP contribution in [0.1, 0.15) is 110 Å². The summed E-state index contributed by atoms with van der Waals surface area (Å²) in [7, 11) is -1.40.